The third-order valence-electron chi connectivity index (χ3n) is 4.10. The second-order valence-corrected chi connectivity index (χ2v) is 8.21. The summed E-state index contributed by atoms with van der Waals surface area (Å²) in [6.07, 6.45) is 1.07. The molecule has 0 aliphatic carbocycles. The first kappa shape index (κ1) is 21.6. The summed E-state index contributed by atoms with van der Waals surface area (Å²) < 4.78 is 36.6. The SMILES string of the molecule is CCOc1ccc(N(C(C)C(=O)Nc2cc(C)ccc2OC)S(C)(=O)=O)cc1. The maximum atomic E-state index is 12.8. The van der Waals surface area contributed by atoms with Crippen LogP contribution in [0.25, 0.3) is 0 Å². The van der Waals surface area contributed by atoms with Gasteiger partial charge < -0.3 is 14.8 Å². The molecule has 1 unspecified atom stereocenters. The van der Waals surface area contributed by atoms with Gasteiger partial charge in [0.2, 0.25) is 15.9 Å². The van der Waals surface area contributed by atoms with Crippen molar-refractivity contribution in [1.29, 1.82) is 0 Å². The number of hydrogen-bond acceptors (Lipinski definition) is 5. The van der Waals surface area contributed by atoms with Gasteiger partial charge in [0.05, 0.1) is 31.3 Å². The number of nitrogens with one attached hydrogen (secondary N) is 1. The van der Waals surface area contributed by atoms with Crippen LogP contribution in [-0.2, 0) is 14.8 Å². The van der Waals surface area contributed by atoms with E-state index in [1.54, 1.807) is 36.4 Å². The first-order chi connectivity index (χ1) is 13.2. The number of rotatable bonds is 8. The average molecular weight is 407 g/mol. The van der Waals surface area contributed by atoms with Crippen LogP contribution in [0.3, 0.4) is 0 Å². The van der Waals surface area contributed by atoms with Crippen molar-refractivity contribution in [2.75, 3.05) is 29.6 Å². The van der Waals surface area contributed by atoms with Gasteiger partial charge in [0, 0.05) is 0 Å². The van der Waals surface area contributed by atoms with Gasteiger partial charge in [0.1, 0.15) is 17.5 Å². The van der Waals surface area contributed by atoms with Crippen molar-refractivity contribution in [2.24, 2.45) is 0 Å². The lowest BCUT2D eigenvalue weighted by Gasteiger charge is -2.28. The summed E-state index contributed by atoms with van der Waals surface area (Å²) in [5.74, 6) is 0.655. The number of carbonyl (C=O) groups is 1. The summed E-state index contributed by atoms with van der Waals surface area (Å²) in [6.45, 7) is 5.80. The quantitative estimate of drug-likeness (QED) is 0.728. The van der Waals surface area contributed by atoms with E-state index in [1.165, 1.54) is 14.0 Å². The molecule has 1 amide bonds. The monoisotopic (exact) mass is 406 g/mol. The summed E-state index contributed by atoms with van der Waals surface area (Å²) in [7, 11) is -2.20. The number of carbonyl (C=O) groups excluding carboxylic acids is 1. The minimum absolute atomic E-state index is 0.379. The molecule has 0 heterocycles. The van der Waals surface area contributed by atoms with E-state index in [4.69, 9.17) is 9.47 Å². The molecule has 0 saturated carbocycles. The Morgan fingerprint density at radius 1 is 1.18 bits per heavy atom. The highest BCUT2D eigenvalue weighted by Crippen LogP contribution is 2.27. The summed E-state index contributed by atoms with van der Waals surface area (Å²) >= 11 is 0. The molecule has 152 valence electrons. The summed E-state index contributed by atoms with van der Waals surface area (Å²) in [6, 6.07) is 11.0. The third kappa shape index (κ3) is 5.16. The number of methoxy groups -OCH3 is 1. The van der Waals surface area contributed by atoms with E-state index in [2.05, 4.69) is 5.32 Å². The highest BCUT2D eigenvalue weighted by atomic mass is 32.2. The molecule has 0 fully saturated rings. The smallest absolute Gasteiger partial charge is 0.248 e. The lowest BCUT2D eigenvalue weighted by molar-refractivity contribution is -0.116. The number of aryl methyl sites for hydroxylation is 1. The molecule has 0 aliphatic heterocycles. The Morgan fingerprint density at radius 3 is 2.36 bits per heavy atom. The van der Waals surface area contributed by atoms with Crippen molar-refractivity contribution in [3.8, 4) is 11.5 Å². The van der Waals surface area contributed by atoms with Crippen molar-refractivity contribution in [2.45, 2.75) is 26.8 Å². The van der Waals surface area contributed by atoms with Crippen molar-refractivity contribution < 1.29 is 22.7 Å². The van der Waals surface area contributed by atoms with Crippen molar-refractivity contribution in [3.63, 3.8) is 0 Å². The molecule has 0 saturated heterocycles. The van der Waals surface area contributed by atoms with Crippen LogP contribution in [-0.4, -0.2) is 40.3 Å². The third-order valence-corrected chi connectivity index (χ3v) is 5.35. The largest absolute Gasteiger partial charge is 0.495 e. The van der Waals surface area contributed by atoms with Gasteiger partial charge >= 0.3 is 0 Å². The van der Waals surface area contributed by atoms with Gasteiger partial charge in [0.25, 0.3) is 0 Å². The second-order valence-electron chi connectivity index (χ2n) is 6.35. The van der Waals surface area contributed by atoms with Crippen LogP contribution in [0.4, 0.5) is 11.4 Å². The second kappa shape index (κ2) is 8.97. The van der Waals surface area contributed by atoms with Gasteiger partial charge in [0.15, 0.2) is 0 Å². The van der Waals surface area contributed by atoms with Crippen molar-refractivity contribution in [1.82, 2.24) is 0 Å². The molecule has 0 bridgehead atoms. The Labute approximate surface area is 166 Å². The predicted molar refractivity (Wildman–Crippen MR) is 111 cm³/mol. The van der Waals surface area contributed by atoms with Crippen LogP contribution >= 0.6 is 0 Å². The molecule has 8 heteroatoms. The van der Waals surface area contributed by atoms with Gasteiger partial charge in [-0.3, -0.25) is 9.10 Å². The maximum absolute atomic E-state index is 12.8. The van der Waals surface area contributed by atoms with Crippen LogP contribution < -0.4 is 19.1 Å². The number of anilines is 2. The van der Waals surface area contributed by atoms with Crippen LogP contribution in [0.2, 0.25) is 0 Å². The van der Waals surface area contributed by atoms with Crippen molar-refractivity contribution >= 4 is 27.3 Å². The number of amides is 1. The van der Waals surface area contributed by atoms with Gasteiger partial charge in [-0.25, -0.2) is 8.42 Å². The average Bonchev–Trinajstić information content (AvgIpc) is 2.62. The first-order valence-corrected chi connectivity index (χ1v) is 10.7. The first-order valence-electron chi connectivity index (χ1n) is 8.85. The molecule has 1 N–H and O–H groups in total. The Morgan fingerprint density at radius 2 is 1.82 bits per heavy atom. The van der Waals surface area contributed by atoms with E-state index in [0.29, 0.717) is 29.5 Å². The number of benzene rings is 2. The van der Waals surface area contributed by atoms with Crippen LogP contribution in [0.15, 0.2) is 42.5 Å². The Bertz CT molecular complexity index is 926. The molecular weight excluding hydrogens is 380 g/mol. The minimum atomic E-state index is -3.70. The molecule has 0 spiro atoms. The van der Waals surface area contributed by atoms with E-state index in [1.807, 2.05) is 19.9 Å². The van der Waals surface area contributed by atoms with E-state index in [0.717, 1.165) is 16.1 Å². The Balaban J connectivity index is 2.31. The molecule has 2 rings (SSSR count). The summed E-state index contributed by atoms with van der Waals surface area (Å²) in [5.41, 5.74) is 1.81. The lowest BCUT2D eigenvalue weighted by atomic mass is 10.2. The molecule has 7 nitrogen and oxygen atoms in total. The number of ether oxygens (including phenoxy) is 2. The standard InChI is InChI=1S/C20H26N2O5S/c1-6-27-17-10-8-16(9-11-17)22(28(5,24)25)15(3)20(23)21-18-13-14(2)7-12-19(18)26-4/h7-13,15H,6H2,1-5H3,(H,21,23). The van der Waals surface area contributed by atoms with Crippen molar-refractivity contribution in [3.05, 3.63) is 48.0 Å². The Hall–Kier alpha value is -2.74. The van der Waals surface area contributed by atoms with Crippen LogP contribution in [0.5, 0.6) is 11.5 Å². The fraction of sp³-hybridized carbons (Fsp3) is 0.350. The van der Waals surface area contributed by atoms with Gasteiger partial charge in [-0.05, 0) is 62.7 Å². The van der Waals surface area contributed by atoms with Crippen LogP contribution in [0, 0.1) is 6.92 Å². The Kier molecular flexibility index (Phi) is 6.90. The van der Waals surface area contributed by atoms with E-state index >= 15 is 0 Å². The summed E-state index contributed by atoms with van der Waals surface area (Å²) in [5, 5.41) is 2.76. The molecule has 0 radical (unpaired) electrons. The highest BCUT2D eigenvalue weighted by Gasteiger charge is 2.29. The van der Waals surface area contributed by atoms with E-state index in [9.17, 15) is 13.2 Å². The number of nitrogens with zero attached hydrogens (tertiary/aromatic N) is 1. The minimum Gasteiger partial charge on any atom is -0.495 e. The number of sulfonamides is 1. The summed E-state index contributed by atoms with van der Waals surface area (Å²) in [4.78, 5) is 12.8. The lowest BCUT2D eigenvalue weighted by Crippen LogP contribution is -2.45. The molecule has 2 aromatic carbocycles. The zero-order valence-corrected chi connectivity index (χ0v) is 17.5. The topological polar surface area (TPSA) is 84.9 Å². The van der Waals surface area contributed by atoms with Gasteiger partial charge in [-0.15, -0.1) is 0 Å². The molecule has 0 aliphatic rings. The highest BCUT2D eigenvalue weighted by molar-refractivity contribution is 7.92. The van der Waals surface area contributed by atoms with Gasteiger partial charge in [-0.1, -0.05) is 6.07 Å². The van der Waals surface area contributed by atoms with E-state index in [-0.39, 0.29) is 0 Å². The zero-order valence-electron chi connectivity index (χ0n) is 16.7. The molecule has 28 heavy (non-hydrogen) atoms. The predicted octanol–water partition coefficient (Wildman–Crippen LogP) is 3.20. The zero-order chi connectivity index (χ0) is 20.9. The number of hydrogen-bond donors (Lipinski definition) is 1. The molecule has 0 aromatic heterocycles. The fourth-order valence-corrected chi connectivity index (χ4v) is 4.00. The maximum Gasteiger partial charge on any atom is 0.248 e. The molecular formula is C20H26N2O5S. The van der Waals surface area contributed by atoms with Gasteiger partial charge in [-0.2, -0.15) is 0 Å². The molecule has 2 aromatic rings. The van der Waals surface area contributed by atoms with E-state index < -0.39 is 22.0 Å². The molecule has 1 atom stereocenters. The normalized spacial score (nSPS) is 12.2. The fourth-order valence-electron chi connectivity index (χ4n) is 2.82. The van der Waals surface area contributed by atoms with Crippen LogP contribution in [0.1, 0.15) is 19.4 Å².